The van der Waals surface area contributed by atoms with Gasteiger partial charge in [0.2, 0.25) is 0 Å². The van der Waals surface area contributed by atoms with E-state index >= 15 is 4.39 Å². The van der Waals surface area contributed by atoms with Crippen LogP contribution in [0, 0.1) is 29.9 Å². The molecule has 0 spiro atoms. The number of aromatic nitrogens is 1. The van der Waals surface area contributed by atoms with Crippen molar-refractivity contribution in [2.24, 2.45) is 0 Å². The average Bonchev–Trinajstić information content (AvgIpc) is 3.38. The molecule has 45 heavy (non-hydrogen) atoms. The highest BCUT2D eigenvalue weighted by molar-refractivity contribution is 7.90. The maximum absolute atomic E-state index is 15.1. The maximum Gasteiger partial charge on any atom is 0.333 e. The van der Waals surface area contributed by atoms with Crippen LogP contribution in [-0.4, -0.2) is 21.6 Å². The number of halogens is 3. The highest BCUT2D eigenvalue weighted by atomic mass is 35.5. The van der Waals surface area contributed by atoms with Gasteiger partial charge in [0.05, 0.1) is 18.2 Å². The van der Waals surface area contributed by atoms with E-state index in [0.29, 0.717) is 56.1 Å². The van der Waals surface area contributed by atoms with Crippen molar-refractivity contribution in [3.05, 3.63) is 130 Å². The molecule has 0 saturated carbocycles. The van der Waals surface area contributed by atoms with Crippen molar-refractivity contribution in [3.8, 4) is 28.5 Å². The molecule has 1 unspecified atom stereocenters. The quantitative estimate of drug-likeness (QED) is 0.137. The number of nitriles is 1. The molecule has 1 heterocycles. The van der Waals surface area contributed by atoms with Crippen LogP contribution < -0.4 is 0 Å². The van der Waals surface area contributed by atoms with E-state index in [9.17, 15) is 19.0 Å². The summed E-state index contributed by atoms with van der Waals surface area (Å²) >= 11 is 4.85. The zero-order valence-corrected chi connectivity index (χ0v) is 25.8. The molecular formula is C36H25ClF2N2O3S. The van der Waals surface area contributed by atoms with Crippen LogP contribution >= 0.6 is 11.6 Å². The van der Waals surface area contributed by atoms with Crippen molar-refractivity contribution in [1.29, 1.82) is 5.26 Å². The number of hydrogen-bond donors (Lipinski definition) is 0. The molecule has 0 saturated heterocycles. The van der Waals surface area contributed by atoms with E-state index < -0.39 is 29.0 Å². The third-order valence-corrected chi connectivity index (χ3v) is 9.56. The highest BCUT2D eigenvalue weighted by Crippen LogP contribution is 2.45. The Morgan fingerprint density at radius 3 is 2.44 bits per heavy atom. The molecule has 9 heteroatoms. The molecule has 0 radical (unpaired) electrons. The average molecular weight is 639 g/mol. The number of esters is 1. The van der Waals surface area contributed by atoms with Gasteiger partial charge in [-0.3, -0.25) is 0 Å². The normalized spacial score (nSPS) is 13.8. The van der Waals surface area contributed by atoms with Crippen LogP contribution in [0.15, 0.2) is 107 Å². The number of methoxy groups -OCH3 is 1. The second kappa shape index (κ2) is 12.4. The Morgan fingerprint density at radius 1 is 1.00 bits per heavy atom. The molecule has 0 bridgehead atoms. The van der Waals surface area contributed by atoms with Crippen LogP contribution in [-0.2, 0) is 20.9 Å². The zero-order chi connectivity index (χ0) is 31.8. The Hall–Kier alpha value is -4.68. The number of hydrogen-bond acceptors (Lipinski definition) is 4. The van der Waals surface area contributed by atoms with Crippen LogP contribution in [0.25, 0.3) is 38.9 Å². The largest absolute Gasteiger partial charge is 0.587 e. The topological polar surface area (TPSA) is 78.1 Å². The lowest BCUT2D eigenvalue weighted by atomic mass is 9.90. The number of nitrogens with zero attached hydrogens (tertiary/aromatic N) is 2. The summed E-state index contributed by atoms with van der Waals surface area (Å²) in [5.41, 5.74) is 4.86. The van der Waals surface area contributed by atoms with Gasteiger partial charge in [-0.2, -0.15) is 9.23 Å². The lowest BCUT2D eigenvalue weighted by molar-refractivity contribution is -0.136. The molecule has 0 amide bonds. The maximum atomic E-state index is 15.1. The number of benzene rings is 4. The molecule has 5 nitrogen and oxygen atoms in total. The van der Waals surface area contributed by atoms with Gasteiger partial charge >= 0.3 is 5.97 Å². The molecule has 6 rings (SSSR count). The molecule has 1 aliphatic rings. The Morgan fingerprint density at radius 2 is 1.73 bits per heavy atom. The highest BCUT2D eigenvalue weighted by Gasteiger charge is 2.31. The smallest absolute Gasteiger partial charge is 0.333 e. The number of fused-ring (bicyclic) bond motifs is 1. The van der Waals surface area contributed by atoms with Crippen molar-refractivity contribution < 1.29 is 22.9 Å². The fourth-order valence-electron chi connectivity index (χ4n) is 5.67. The number of ether oxygens (including phenoxy) is 1. The van der Waals surface area contributed by atoms with Gasteiger partial charge in [-0.05, 0) is 79.4 Å². The Balaban J connectivity index is 1.67. The summed E-state index contributed by atoms with van der Waals surface area (Å²) in [6.07, 6.45) is 2.50. The first-order valence-electron chi connectivity index (χ1n) is 14.0. The van der Waals surface area contributed by atoms with Crippen molar-refractivity contribution in [3.63, 3.8) is 0 Å². The molecule has 0 aliphatic heterocycles. The van der Waals surface area contributed by atoms with Crippen molar-refractivity contribution in [2.75, 3.05) is 7.11 Å². The summed E-state index contributed by atoms with van der Waals surface area (Å²) in [5.74, 6) is -1.70. The number of aryl methyl sites for hydroxylation is 1. The Kier molecular flexibility index (Phi) is 8.34. The minimum Gasteiger partial charge on any atom is -0.587 e. The molecule has 224 valence electrons. The lowest BCUT2D eigenvalue weighted by Crippen LogP contribution is -2.14. The Labute approximate surface area is 266 Å². The van der Waals surface area contributed by atoms with Crippen molar-refractivity contribution in [2.45, 2.75) is 24.7 Å². The fourth-order valence-corrected chi connectivity index (χ4v) is 7.28. The van der Waals surface area contributed by atoms with Gasteiger partial charge in [-0.1, -0.05) is 59.6 Å². The summed E-state index contributed by atoms with van der Waals surface area (Å²) in [6, 6.07) is 25.0. The summed E-state index contributed by atoms with van der Waals surface area (Å²) in [6.45, 7) is 1.93. The molecule has 1 aromatic heterocycles. The van der Waals surface area contributed by atoms with E-state index in [-0.39, 0.29) is 11.1 Å². The standard InChI is InChI=1S/C36H25ClF2N2O3S/c1-21-9-13-26(14-10-21)45(43)41-33-16-12-25(38)19-29(33)34(28-7-4-8-32(39)30(28)20-40)35(41)23-6-3-5-22(17-23)27-15-11-24(18-31(27)37)36(42)44-2/h3-10,12-14,16-19H,11,15H2,1-2H3. The molecule has 1 aliphatic carbocycles. The fraction of sp³-hybridized carbons (Fsp3) is 0.111. The second-order valence-corrected chi connectivity index (χ2v) is 12.3. The van der Waals surface area contributed by atoms with Gasteiger partial charge in [0.25, 0.3) is 0 Å². The van der Waals surface area contributed by atoms with Crippen LogP contribution in [0.3, 0.4) is 0 Å². The molecule has 5 aromatic rings. The van der Waals surface area contributed by atoms with Crippen LogP contribution in [0.2, 0.25) is 0 Å². The second-order valence-electron chi connectivity index (χ2n) is 10.6. The van der Waals surface area contributed by atoms with E-state index in [1.165, 1.54) is 31.4 Å². The van der Waals surface area contributed by atoms with E-state index in [0.717, 1.165) is 16.7 Å². The molecule has 4 aromatic carbocycles. The van der Waals surface area contributed by atoms with E-state index in [4.69, 9.17) is 16.3 Å². The number of allylic oxidation sites excluding steroid dienone is 3. The number of carbonyl (C=O) groups excluding carboxylic acids is 1. The number of carbonyl (C=O) groups is 1. The third kappa shape index (κ3) is 5.55. The van der Waals surface area contributed by atoms with E-state index in [2.05, 4.69) is 0 Å². The van der Waals surface area contributed by atoms with Gasteiger partial charge in [0.15, 0.2) is 4.90 Å². The summed E-state index contributed by atoms with van der Waals surface area (Å²) in [7, 11) is 1.32. The summed E-state index contributed by atoms with van der Waals surface area (Å²) in [5, 5.41) is 10.8. The van der Waals surface area contributed by atoms with Gasteiger partial charge < -0.3 is 9.29 Å². The van der Waals surface area contributed by atoms with Gasteiger partial charge in [0, 0.05) is 32.7 Å². The van der Waals surface area contributed by atoms with Gasteiger partial charge in [-0.15, -0.1) is 0 Å². The molecule has 1 atom stereocenters. The predicted octanol–water partition coefficient (Wildman–Crippen LogP) is 8.85. The predicted molar refractivity (Wildman–Crippen MR) is 173 cm³/mol. The van der Waals surface area contributed by atoms with E-state index in [1.54, 1.807) is 34.3 Å². The Bertz CT molecular complexity index is 2090. The molecule has 0 fully saturated rings. The lowest BCUT2D eigenvalue weighted by Gasteiger charge is -2.19. The monoisotopic (exact) mass is 638 g/mol. The zero-order valence-electron chi connectivity index (χ0n) is 24.2. The molecule has 0 N–H and O–H groups in total. The van der Waals surface area contributed by atoms with E-state index in [1.807, 2.05) is 49.4 Å². The first-order chi connectivity index (χ1) is 21.7. The van der Waals surface area contributed by atoms with Crippen LogP contribution in [0.4, 0.5) is 8.78 Å². The van der Waals surface area contributed by atoms with Crippen LogP contribution in [0.5, 0.6) is 0 Å². The van der Waals surface area contributed by atoms with Gasteiger partial charge in [-0.25, -0.2) is 13.6 Å². The third-order valence-electron chi connectivity index (χ3n) is 7.84. The van der Waals surface area contributed by atoms with Gasteiger partial charge in [0.1, 0.15) is 34.8 Å². The molecular weight excluding hydrogens is 614 g/mol. The van der Waals surface area contributed by atoms with Crippen LogP contribution in [0.1, 0.15) is 29.5 Å². The van der Waals surface area contributed by atoms with Crippen molar-refractivity contribution >= 4 is 45.4 Å². The minimum atomic E-state index is -1.83. The number of rotatable bonds is 6. The first kappa shape index (κ1) is 30.4. The minimum absolute atomic E-state index is 0.210. The summed E-state index contributed by atoms with van der Waals surface area (Å²) in [4.78, 5) is 12.6. The first-order valence-corrected chi connectivity index (χ1v) is 15.5. The van der Waals surface area contributed by atoms with Crippen molar-refractivity contribution in [1.82, 2.24) is 3.97 Å². The summed E-state index contributed by atoms with van der Waals surface area (Å²) < 4.78 is 50.9. The SMILES string of the molecule is COC(=O)C1=CC(Cl)=C(c2cccc(-c3c(-c4cccc(F)c4C#N)c4cc(F)ccc4n3[S+]([O-])c3ccc(C)cc3)c2)CC1.